The first-order chi connectivity index (χ1) is 10.5. The highest BCUT2D eigenvalue weighted by molar-refractivity contribution is 5.84. The molecular weight excluding hydrogens is 292 g/mol. The minimum absolute atomic E-state index is 0.0123. The predicted octanol–water partition coefficient (Wildman–Crippen LogP) is 3.05. The first-order valence-corrected chi connectivity index (χ1v) is 6.88. The number of H-pyrrole nitrogens is 1. The molecule has 6 heteroatoms. The number of rotatable bonds is 2. The Morgan fingerprint density at radius 1 is 1.23 bits per heavy atom. The average Bonchev–Trinajstić information content (AvgIpc) is 2.54. The summed E-state index contributed by atoms with van der Waals surface area (Å²) >= 11 is 0. The Labute approximate surface area is 127 Å². The van der Waals surface area contributed by atoms with Gasteiger partial charge >= 0.3 is 0 Å². The molecule has 0 saturated carbocycles. The van der Waals surface area contributed by atoms with Crippen LogP contribution in [0.3, 0.4) is 0 Å². The Balaban J connectivity index is 0.00000102. The van der Waals surface area contributed by atoms with E-state index in [9.17, 15) is 18.4 Å². The minimum atomic E-state index is -1.01. The number of pyridine rings is 1. The fourth-order valence-corrected chi connectivity index (χ4v) is 2.13. The first kappa shape index (κ1) is 19.9. The van der Waals surface area contributed by atoms with Crippen molar-refractivity contribution in [2.45, 2.75) is 33.6 Å². The van der Waals surface area contributed by atoms with Crippen molar-refractivity contribution in [3.8, 4) is 0 Å². The molecule has 2 N–H and O–H groups in total. The summed E-state index contributed by atoms with van der Waals surface area (Å²) in [5.41, 5.74) is 0.233. The number of hydrogen-bond donors (Lipinski definition) is 2. The van der Waals surface area contributed by atoms with Crippen molar-refractivity contribution in [1.82, 2.24) is 4.98 Å². The highest BCUT2D eigenvalue weighted by Crippen LogP contribution is 2.25. The maximum absolute atomic E-state index is 13.8. The Morgan fingerprint density at radius 3 is 2.27 bits per heavy atom. The van der Waals surface area contributed by atoms with Crippen molar-refractivity contribution in [3.05, 3.63) is 45.2 Å². The van der Waals surface area contributed by atoms with Gasteiger partial charge < -0.3 is 14.9 Å². The van der Waals surface area contributed by atoms with E-state index in [0.29, 0.717) is 11.8 Å². The largest absolute Gasteiger partial charge is 0.400 e. The normalized spacial score (nSPS) is 10.9. The molecule has 0 aliphatic carbocycles. The summed E-state index contributed by atoms with van der Waals surface area (Å²) in [6.45, 7) is 7.04. The lowest BCUT2D eigenvalue weighted by Crippen LogP contribution is -2.18. The van der Waals surface area contributed by atoms with Crippen LogP contribution in [0, 0.1) is 18.6 Å². The molecule has 1 aromatic carbocycles. The van der Waals surface area contributed by atoms with Gasteiger partial charge in [0.05, 0.1) is 5.52 Å². The third-order valence-corrected chi connectivity index (χ3v) is 3.03. The Morgan fingerprint density at radius 2 is 1.77 bits per heavy atom. The van der Waals surface area contributed by atoms with Gasteiger partial charge in [0.2, 0.25) is 0 Å². The smallest absolute Gasteiger partial charge is 0.252 e. The molecule has 0 bridgehead atoms. The van der Waals surface area contributed by atoms with Crippen molar-refractivity contribution in [1.29, 1.82) is 0 Å². The minimum Gasteiger partial charge on any atom is -0.400 e. The molecule has 2 aromatic rings. The summed E-state index contributed by atoms with van der Waals surface area (Å²) in [7, 11) is 1.00. The van der Waals surface area contributed by atoms with Gasteiger partial charge in [-0.3, -0.25) is 4.79 Å². The van der Waals surface area contributed by atoms with E-state index in [2.05, 4.69) is 4.98 Å². The van der Waals surface area contributed by atoms with Crippen LogP contribution in [0.15, 0.2) is 16.9 Å². The molecule has 1 atom stereocenters. The van der Waals surface area contributed by atoms with E-state index in [1.54, 1.807) is 0 Å². The van der Waals surface area contributed by atoms with Crippen LogP contribution in [0.5, 0.6) is 0 Å². The quantitative estimate of drug-likeness (QED) is 0.837. The Kier molecular flexibility index (Phi) is 8.19. The fourth-order valence-electron chi connectivity index (χ4n) is 2.13. The molecule has 0 amide bonds. The number of aromatic nitrogens is 1. The second-order valence-corrected chi connectivity index (χ2v) is 4.20. The third kappa shape index (κ3) is 3.76. The van der Waals surface area contributed by atoms with E-state index >= 15 is 0 Å². The van der Waals surface area contributed by atoms with Crippen molar-refractivity contribution in [3.63, 3.8) is 0 Å². The molecular formula is C16H21F2NO3. The molecule has 0 radical (unpaired) electrons. The van der Waals surface area contributed by atoms with Gasteiger partial charge in [0.1, 0.15) is 6.29 Å². The van der Waals surface area contributed by atoms with E-state index in [-0.39, 0.29) is 16.5 Å². The summed E-state index contributed by atoms with van der Waals surface area (Å²) in [5.74, 6) is -2.66. The zero-order valence-electron chi connectivity index (χ0n) is 13.3. The number of aldehydes is 1. The molecule has 122 valence electrons. The molecule has 1 aromatic heterocycles. The van der Waals surface area contributed by atoms with Crippen molar-refractivity contribution in [2.24, 2.45) is 0 Å². The van der Waals surface area contributed by atoms with Crippen molar-refractivity contribution < 1.29 is 18.7 Å². The number of aromatic amines is 1. The predicted molar refractivity (Wildman–Crippen MR) is 83.2 cm³/mol. The number of hydrogen-bond acceptors (Lipinski definition) is 3. The topological polar surface area (TPSA) is 70.2 Å². The molecule has 0 aliphatic heterocycles. The molecule has 1 heterocycles. The van der Waals surface area contributed by atoms with Gasteiger partial charge in [-0.15, -0.1) is 0 Å². The highest BCUT2D eigenvalue weighted by Gasteiger charge is 2.18. The number of halogens is 2. The average molecular weight is 313 g/mol. The van der Waals surface area contributed by atoms with Gasteiger partial charge in [0, 0.05) is 24.0 Å². The summed E-state index contributed by atoms with van der Waals surface area (Å²) in [6.07, 6.45) is 0.598. The number of aliphatic hydroxyl groups excluding tert-OH is 1. The molecule has 0 unspecified atom stereocenters. The van der Waals surface area contributed by atoms with Gasteiger partial charge in [-0.05, 0) is 24.6 Å². The number of aryl methyl sites for hydroxylation is 1. The molecule has 0 saturated heterocycles. The van der Waals surface area contributed by atoms with Gasteiger partial charge in [-0.2, -0.15) is 0 Å². The summed E-state index contributed by atoms with van der Waals surface area (Å²) < 4.78 is 27.0. The van der Waals surface area contributed by atoms with E-state index in [1.165, 1.54) is 19.9 Å². The van der Waals surface area contributed by atoms with Crippen LogP contribution in [-0.2, 0) is 4.79 Å². The highest BCUT2D eigenvalue weighted by atomic mass is 19.2. The van der Waals surface area contributed by atoms with Crippen LogP contribution >= 0.6 is 0 Å². The number of aliphatic hydroxyl groups is 1. The zero-order chi connectivity index (χ0) is 17.4. The maximum atomic E-state index is 13.8. The van der Waals surface area contributed by atoms with E-state index in [1.807, 2.05) is 13.8 Å². The van der Waals surface area contributed by atoms with Gasteiger partial charge in [0.15, 0.2) is 11.6 Å². The molecule has 0 fully saturated rings. The second-order valence-electron chi connectivity index (χ2n) is 4.20. The van der Waals surface area contributed by atoms with Crippen LogP contribution < -0.4 is 5.56 Å². The number of carbonyl (C=O) groups excluding carboxylic acids is 1. The summed E-state index contributed by atoms with van der Waals surface area (Å²) in [4.78, 5) is 25.1. The van der Waals surface area contributed by atoms with E-state index in [0.717, 1.165) is 13.2 Å². The number of benzene rings is 1. The summed E-state index contributed by atoms with van der Waals surface area (Å²) in [5, 5.41) is 7.01. The van der Waals surface area contributed by atoms with E-state index < -0.39 is 23.1 Å². The molecule has 0 aliphatic rings. The fraction of sp³-hybridized carbons (Fsp3) is 0.375. The van der Waals surface area contributed by atoms with Gasteiger partial charge in [-0.1, -0.05) is 20.8 Å². The van der Waals surface area contributed by atoms with Crippen molar-refractivity contribution >= 4 is 17.2 Å². The van der Waals surface area contributed by atoms with Crippen molar-refractivity contribution in [2.75, 3.05) is 7.11 Å². The van der Waals surface area contributed by atoms with Crippen LogP contribution in [0.4, 0.5) is 8.78 Å². The van der Waals surface area contributed by atoms with Crippen LogP contribution in [0.1, 0.15) is 37.8 Å². The third-order valence-electron chi connectivity index (χ3n) is 3.03. The number of carbonyl (C=O) groups is 1. The van der Waals surface area contributed by atoms with Gasteiger partial charge in [-0.25, -0.2) is 8.78 Å². The molecule has 2 rings (SSSR count). The molecule has 22 heavy (non-hydrogen) atoms. The maximum Gasteiger partial charge on any atom is 0.252 e. The molecule has 4 nitrogen and oxygen atoms in total. The van der Waals surface area contributed by atoms with E-state index in [4.69, 9.17) is 5.11 Å². The standard InChI is InChI=1S/C13H11F2NO2.C2H6.CH4O/c1-6(5-17)10-7(2)11-9(16-13(10)18)4-3-8(14)12(11)15;2*1-2/h3-6H,1-2H3,(H,16,18);1-2H3;2H,1H3/t6-;;/m1../s1. The van der Waals surface area contributed by atoms with Gasteiger partial charge in [0.25, 0.3) is 5.56 Å². The summed E-state index contributed by atoms with van der Waals surface area (Å²) in [6, 6.07) is 2.26. The van der Waals surface area contributed by atoms with Crippen LogP contribution in [0.2, 0.25) is 0 Å². The van der Waals surface area contributed by atoms with Crippen LogP contribution in [0.25, 0.3) is 10.9 Å². The zero-order valence-corrected chi connectivity index (χ0v) is 13.3. The lowest BCUT2D eigenvalue weighted by atomic mass is 9.96. The second kappa shape index (κ2) is 9.04. The SMILES string of the molecule is CC.CO.Cc1c([C@H](C)C=O)c(=O)[nH]c2ccc(F)c(F)c12. The lowest BCUT2D eigenvalue weighted by molar-refractivity contribution is -0.108. The molecule has 0 spiro atoms. The monoisotopic (exact) mass is 313 g/mol. The Bertz CT molecular complexity index is 696. The Hall–Kier alpha value is -2.08. The van der Waals surface area contributed by atoms with Crippen LogP contribution in [-0.4, -0.2) is 23.5 Å². The first-order valence-electron chi connectivity index (χ1n) is 6.88. The number of fused-ring (bicyclic) bond motifs is 1. The number of nitrogens with one attached hydrogen (secondary N) is 1. The lowest BCUT2D eigenvalue weighted by Gasteiger charge is -2.11.